The minimum absolute atomic E-state index is 0.0658. The summed E-state index contributed by atoms with van der Waals surface area (Å²) in [5, 5.41) is 3.05. The first-order valence-electron chi connectivity index (χ1n) is 11.5. The van der Waals surface area contributed by atoms with Gasteiger partial charge in [0.2, 0.25) is 0 Å². The summed E-state index contributed by atoms with van der Waals surface area (Å²) in [6, 6.07) is 9.93. The van der Waals surface area contributed by atoms with Gasteiger partial charge in [0, 0.05) is 41.2 Å². The predicted molar refractivity (Wildman–Crippen MR) is 120 cm³/mol. The molecule has 0 aliphatic heterocycles. The molecular formula is C26H27NO5. The molecule has 4 saturated carbocycles. The maximum atomic E-state index is 13.5. The van der Waals surface area contributed by atoms with Crippen LogP contribution in [0.5, 0.6) is 5.75 Å². The zero-order valence-corrected chi connectivity index (χ0v) is 18.0. The molecule has 4 aliphatic carbocycles. The number of carbonyl (C=O) groups excluding carboxylic acids is 2. The fraction of sp³-hybridized carbons (Fsp3) is 0.462. The van der Waals surface area contributed by atoms with Crippen LogP contribution in [0.2, 0.25) is 0 Å². The lowest BCUT2D eigenvalue weighted by Crippen LogP contribution is -2.67. The van der Waals surface area contributed by atoms with Crippen LogP contribution in [-0.2, 0) is 14.3 Å². The Hall–Kier alpha value is -2.70. The lowest BCUT2D eigenvalue weighted by Gasteiger charge is -2.66. The van der Waals surface area contributed by atoms with E-state index in [1.165, 1.54) is 0 Å². The molecule has 3 aromatic rings. The van der Waals surface area contributed by atoms with Crippen molar-refractivity contribution in [3.63, 3.8) is 0 Å². The summed E-state index contributed by atoms with van der Waals surface area (Å²) in [6.45, 7) is 1.97. The zero-order chi connectivity index (χ0) is 21.9. The topological polar surface area (TPSA) is 91.8 Å². The molecule has 6 nitrogen and oxygen atoms in total. The first kappa shape index (κ1) is 19.9. The van der Waals surface area contributed by atoms with Gasteiger partial charge in [0.1, 0.15) is 29.5 Å². The molecule has 1 spiro atoms. The number of Topliss-reactive ketones (excluding diaryl/α,β-unsaturated/α-hetero) is 2. The van der Waals surface area contributed by atoms with E-state index in [4.69, 9.17) is 19.6 Å². The van der Waals surface area contributed by atoms with Crippen molar-refractivity contribution in [2.45, 2.75) is 31.6 Å². The third-order valence-corrected chi connectivity index (χ3v) is 7.87. The number of nitrogens with two attached hydrogens (primary N) is 1. The molecule has 4 fully saturated rings. The molecule has 32 heavy (non-hydrogen) atoms. The number of benzene rings is 2. The summed E-state index contributed by atoms with van der Waals surface area (Å²) < 4.78 is 17.1. The van der Waals surface area contributed by atoms with Crippen LogP contribution in [0.1, 0.15) is 37.2 Å². The van der Waals surface area contributed by atoms with Crippen molar-refractivity contribution >= 4 is 33.3 Å². The fourth-order valence-electron chi connectivity index (χ4n) is 6.21. The molecule has 0 radical (unpaired) electrons. The summed E-state index contributed by atoms with van der Waals surface area (Å²) in [5.41, 5.74) is 6.80. The van der Waals surface area contributed by atoms with Gasteiger partial charge in [-0.25, -0.2) is 0 Å². The Balaban J connectivity index is 1.32. The average molecular weight is 434 g/mol. The van der Waals surface area contributed by atoms with E-state index >= 15 is 0 Å². The van der Waals surface area contributed by atoms with Crippen molar-refractivity contribution in [2.75, 3.05) is 26.4 Å². The molecule has 2 N–H and O–H groups in total. The predicted octanol–water partition coefficient (Wildman–Crippen LogP) is 3.98. The van der Waals surface area contributed by atoms with E-state index in [2.05, 4.69) is 0 Å². The second-order valence-corrected chi connectivity index (χ2v) is 9.48. The van der Waals surface area contributed by atoms with Crippen molar-refractivity contribution in [3.8, 4) is 5.75 Å². The van der Waals surface area contributed by atoms with Crippen molar-refractivity contribution in [1.82, 2.24) is 0 Å². The maximum Gasteiger partial charge on any atom is 0.144 e. The van der Waals surface area contributed by atoms with Crippen molar-refractivity contribution < 1.29 is 23.5 Å². The Labute approximate surface area is 186 Å². The van der Waals surface area contributed by atoms with Gasteiger partial charge in [-0.15, -0.1) is 0 Å². The summed E-state index contributed by atoms with van der Waals surface area (Å²) in [6.07, 6.45) is 4.64. The highest BCUT2D eigenvalue weighted by Gasteiger charge is 2.72. The lowest BCUT2D eigenvalue weighted by atomic mass is 9.35. The Morgan fingerprint density at radius 3 is 2.75 bits per heavy atom. The minimum Gasteiger partial charge on any atom is -0.491 e. The molecule has 6 heteroatoms. The monoisotopic (exact) mass is 433 g/mol. The molecule has 2 atom stereocenters. The molecule has 0 saturated heterocycles. The molecule has 7 rings (SSSR count). The first-order chi connectivity index (χ1) is 15.6. The van der Waals surface area contributed by atoms with Gasteiger partial charge < -0.3 is 19.6 Å². The highest BCUT2D eigenvalue weighted by atomic mass is 16.5. The highest BCUT2D eigenvalue weighted by molar-refractivity contribution is 6.11. The van der Waals surface area contributed by atoms with Crippen LogP contribution >= 0.6 is 0 Å². The van der Waals surface area contributed by atoms with Crippen LogP contribution in [0, 0.1) is 17.3 Å². The lowest BCUT2D eigenvalue weighted by molar-refractivity contribution is -0.197. The van der Waals surface area contributed by atoms with Gasteiger partial charge in [-0.3, -0.25) is 9.59 Å². The van der Waals surface area contributed by atoms with Gasteiger partial charge in [-0.1, -0.05) is 6.07 Å². The molecule has 1 heterocycles. The average Bonchev–Trinajstić information content (AvgIpc) is 3.14. The molecule has 0 amide bonds. The number of fused-ring (bicyclic) bond motifs is 3. The number of ketones is 2. The zero-order valence-electron chi connectivity index (χ0n) is 18.0. The Morgan fingerprint density at radius 2 is 1.97 bits per heavy atom. The number of hydrogen-bond donors (Lipinski definition) is 1. The minimum atomic E-state index is -0.321. The number of furan rings is 1. The van der Waals surface area contributed by atoms with Gasteiger partial charge in [-0.2, -0.15) is 0 Å². The second-order valence-electron chi connectivity index (χ2n) is 9.48. The Bertz CT molecular complexity index is 1220. The van der Waals surface area contributed by atoms with E-state index in [1.54, 1.807) is 6.26 Å². The summed E-state index contributed by atoms with van der Waals surface area (Å²) in [5.74, 6) is 1.40. The summed E-state index contributed by atoms with van der Waals surface area (Å²) in [4.78, 5) is 26.2. The smallest absolute Gasteiger partial charge is 0.144 e. The van der Waals surface area contributed by atoms with Crippen LogP contribution in [0.4, 0.5) is 0 Å². The molecule has 2 bridgehead atoms. The van der Waals surface area contributed by atoms with Crippen LogP contribution in [-0.4, -0.2) is 37.9 Å². The Kier molecular flexibility index (Phi) is 4.63. The van der Waals surface area contributed by atoms with E-state index in [0.717, 1.165) is 45.9 Å². The van der Waals surface area contributed by atoms with Crippen LogP contribution < -0.4 is 10.5 Å². The quantitative estimate of drug-likeness (QED) is 0.567. The van der Waals surface area contributed by atoms with Gasteiger partial charge in [0.05, 0.1) is 19.5 Å². The standard InChI is InChI=1S/C26H27NO5/c27-7-8-30-9-10-31-17-2-3-18-15(11-17)1-5-21-23(18)20(14-32-21)19-4-6-22(28)26-12-16(13-26)24(26)25(19)29/h1-3,5,11,14,16,19,24H,4,6-10,12-13,27H2. The van der Waals surface area contributed by atoms with Gasteiger partial charge in [0.25, 0.3) is 0 Å². The number of rotatable bonds is 7. The highest BCUT2D eigenvalue weighted by Crippen LogP contribution is 2.71. The molecule has 4 aliphatic rings. The number of hydrogen-bond acceptors (Lipinski definition) is 6. The fourth-order valence-corrected chi connectivity index (χ4v) is 6.21. The normalized spacial score (nSPS) is 28.8. The van der Waals surface area contributed by atoms with E-state index < -0.39 is 0 Å². The van der Waals surface area contributed by atoms with Crippen molar-refractivity contribution in [1.29, 1.82) is 0 Å². The maximum absolute atomic E-state index is 13.5. The van der Waals surface area contributed by atoms with Gasteiger partial charge in [-0.05, 0) is 60.2 Å². The van der Waals surface area contributed by atoms with Crippen molar-refractivity contribution in [3.05, 3.63) is 42.2 Å². The van der Waals surface area contributed by atoms with Crippen LogP contribution in [0.3, 0.4) is 0 Å². The molecule has 166 valence electrons. The third-order valence-electron chi connectivity index (χ3n) is 7.87. The van der Waals surface area contributed by atoms with E-state index in [1.807, 2.05) is 30.3 Å². The largest absolute Gasteiger partial charge is 0.491 e. The van der Waals surface area contributed by atoms with E-state index in [9.17, 15) is 9.59 Å². The van der Waals surface area contributed by atoms with Crippen LogP contribution in [0.15, 0.2) is 41.0 Å². The Morgan fingerprint density at radius 1 is 1.09 bits per heavy atom. The first-order valence-corrected chi connectivity index (χ1v) is 11.5. The summed E-state index contributed by atoms with van der Waals surface area (Å²) in [7, 11) is 0. The SMILES string of the molecule is NCCOCCOc1ccc2c(ccc3occ(C4CCC(=O)C56CC(C5)C6C4=O)c32)c1. The number of ether oxygens (including phenoxy) is 2. The van der Waals surface area contributed by atoms with Crippen molar-refractivity contribution in [2.24, 2.45) is 23.0 Å². The van der Waals surface area contributed by atoms with Gasteiger partial charge in [0.15, 0.2) is 0 Å². The van der Waals surface area contributed by atoms with E-state index in [0.29, 0.717) is 50.9 Å². The number of carbonyl (C=O) groups is 2. The molecule has 2 aromatic carbocycles. The second kappa shape index (κ2) is 7.42. The molecular weight excluding hydrogens is 406 g/mol. The van der Waals surface area contributed by atoms with E-state index in [-0.39, 0.29) is 23.0 Å². The van der Waals surface area contributed by atoms with Gasteiger partial charge >= 0.3 is 0 Å². The third kappa shape index (κ3) is 2.79. The molecule has 2 unspecified atom stereocenters. The summed E-state index contributed by atoms with van der Waals surface area (Å²) >= 11 is 0. The molecule has 1 aromatic heterocycles. The van der Waals surface area contributed by atoms with Crippen LogP contribution in [0.25, 0.3) is 21.7 Å².